The summed E-state index contributed by atoms with van der Waals surface area (Å²) in [6.45, 7) is 4.40. The van der Waals surface area contributed by atoms with Gasteiger partial charge in [-0.05, 0) is 41.8 Å². The summed E-state index contributed by atoms with van der Waals surface area (Å²) < 4.78 is 0. The number of amides is 1. The smallest absolute Gasteiger partial charge is 0.275 e. The second-order valence-corrected chi connectivity index (χ2v) is 7.00. The largest absolute Gasteiger partial charge is 0.345 e. The molecule has 1 aliphatic rings. The Hall–Kier alpha value is -2.10. The highest BCUT2D eigenvalue weighted by Crippen LogP contribution is 2.18. The van der Waals surface area contributed by atoms with Crippen molar-refractivity contribution >= 4 is 23.1 Å². The van der Waals surface area contributed by atoms with Crippen LogP contribution in [-0.2, 0) is 4.79 Å². The number of rotatable bonds is 5. The standard InChI is InChI=1S/C21H23ClN2O/c1-16(17-7-9-20(22)10-8-17)23-21(25)15-24-13-11-19(12-14-24)18-5-3-2-4-6-18/h2-11,16H,12-15H2,1H3,(H,23,25)/p+1/t16-/m1/s1. The highest BCUT2D eigenvalue weighted by Gasteiger charge is 2.20. The number of benzene rings is 2. The summed E-state index contributed by atoms with van der Waals surface area (Å²) in [4.78, 5) is 13.6. The summed E-state index contributed by atoms with van der Waals surface area (Å²) >= 11 is 5.91. The lowest BCUT2D eigenvalue weighted by Gasteiger charge is -2.24. The van der Waals surface area contributed by atoms with Crippen LogP contribution in [0.15, 0.2) is 60.7 Å². The summed E-state index contributed by atoms with van der Waals surface area (Å²) in [6.07, 6.45) is 3.28. The minimum atomic E-state index is -0.00983. The van der Waals surface area contributed by atoms with Crippen LogP contribution in [0.5, 0.6) is 0 Å². The zero-order valence-electron chi connectivity index (χ0n) is 14.5. The van der Waals surface area contributed by atoms with Crippen molar-refractivity contribution in [2.75, 3.05) is 19.6 Å². The predicted molar refractivity (Wildman–Crippen MR) is 103 cm³/mol. The Morgan fingerprint density at radius 1 is 1.16 bits per heavy atom. The Morgan fingerprint density at radius 3 is 2.52 bits per heavy atom. The van der Waals surface area contributed by atoms with E-state index < -0.39 is 0 Å². The van der Waals surface area contributed by atoms with E-state index >= 15 is 0 Å². The summed E-state index contributed by atoms with van der Waals surface area (Å²) in [5.74, 6) is 0.0917. The average molecular weight is 356 g/mol. The van der Waals surface area contributed by atoms with Crippen molar-refractivity contribution in [3.8, 4) is 0 Å². The van der Waals surface area contributed by atoms with Crippen LogP contribution in [0.1, 0.15) is 30.5 Å². The second kappa shape index (κ2) is 8.32. The molecule has 0 saturated heterocycles. The van der Waals surface area contributed by atoms with Gasteiger partial charge in [0.05, 0.1) is 19.1 Å². The number of nitrogens with one attached hydrogen (secondary N) is 2. The number of hydrogen-bond donors (Lipinski definition) is 2. The van der Waals surface area contributed by atoms with E-state index in [0.717, 1.165) is 25.1 Å². The third-order valence-electron chi connectivity index (χ3n) is 4.69. The molecule has 0 aromatic heterocycles. The number of carbonyl (C=O) groups excluding carboxylic acids is 1. The Kier molecular flexibility index (Phi) is 5.90. The molecule has 0 saturated carbocycles. The highest BCUT2D eigenvalue weighted by molar-refractivity contribution is 6.30. The van der Waals surface area contributed by atoms with Crippen LogP contribution in [0.25, 0.3) is 5.57 Å². The molecule has 0 aliphatic carbocycles. The first-order chi connectivity index (χ1) is 12.1. The Balaban J connectivity index is 1.51. The molecule has 2 N–H and O–H groups in total. The summed E-state index contributed by atoms with van der Waals surface area (Å²) in [5.41, 5.74) is 3.75. The van der Waals surface area contributed by atoms with Gasteiger partial charge in [0.1, 0.15) is 0 Å². The molecular formula is C21H24ClN2O+. The van der Waals surface area contributed by atoms with Gasteiger partial charge in [0.25, 0.3) is 5.91 Å². The van der Waals surface area contributed by atoms with Gasteiger partial charge in [-0.25, -0.2) is 0 Å². The first-order valence-corrected chi connectivity index (χ1v) is 9.12. The van der Waals surface area contributed by atoms with E-state index in [9.17, 15) is 4.79 Å². The van der Waals surface area contributed by atoms with Crippen molar-refractivity contribution in [3.05, 3.63) is 76.8 Å². The van der Waals surface area contributed by atoms with Gasteiger partial charge < -0.3 is 10.2 Å². The van der Waals surface area contributed by atoms with Crippen LogP contribution in [-0.4, -0.2) is 25.5 Å². The molecule has 3 nitrogen and oxygen atoms in total. The quantitative estimate of drug-likeness (QED) is 0.849. The van der Waals surface area contributed by atoms with Crippen LogP contribution >= 0.6 is 11.6 Å². The molecule has 2 atom stereocenters. The molecule has 4 heteroatoms. The van der Waals surface area contributed by atoms with Crippen molar-refractivity contribution in [1.29, 1.82) is 0 Å². The van der Waals surface area contributed by atoms with Crippen molar-refractivity contribution in [2.45, 2.75) is 19.4 Å². The van der Waals surface area contributed by atoms with E-state index in [-0.39, 0.29) is 11.9 Å². The molecule has 2 aromatic rings. The molecule has 0 radical (unpaired) electrons. The maximum absolute atomic E-state index is 12.3. The fourth-order valence-electron chi connectivity index (χ4n) is 3.21. The van der Waals surface area contributed by atoms with Gasteiger partial charge in [0, 0.05) is 11.4 Å². The van der Waals surface area contributed by atoms with Crippen molar-refractivity contribution in [3.63, 3.8) is 0 Å². The molecule has 1 amide bonds. The summed E-state index contributed by atoms with van der Waals surface area (Å²) in [6, 6.07) is 18.1. The fraction of sp³-hybridized carbons (Fsp3) is 0.286. The number of hydrogen-bond acceptors (Lipinski definition) is 1. The Labute approximate surface area is 154 Å². The zero-order valence-corrected chi connectivity index (χ0v) is 15.2. The predicted octanol–water partition coefficient (Wildman–Crippen LogP) is 2.89. The monoisotopic (exact) mass is 355 g/mol. The first-order valence-electron chi connectivity index (χ1n) is 8.74. The van der Waals surface area contributed by atoms with E-state index in [4.69, 9.17) is 11.6 Å². The highest BCUT2D eigenvalue weighted by atomic mass is 35.5. The first kappa shape index (κ1) is 17.7. The lowest BCUT2D eigenvalue weighted by molar-refractivity contribution is -0.886. The van der Waals surface area contributed by atoms with Crippen LogP contribution in [0.4, 0.5) is 0 Å². The molecule has 25 heavy (non-hydrogen) atoms. The van der Waals surface area contributed by atoms with Crippen LogP contribution in [0.2, 0.25) is 5.02 Å². The fourth-order valence-corrected chi connectivity index (χ4v) is 3.34. The molecule has 1 aliphatic heterocycles. The Morgan fingerprint density at radius 2 is 1.88 bits per heavy atom. The van der Waals surface area contributed by atoms with E-state index in [1.807, 2.05) is 37.3 Å². The van der Waals surface area contributed by atoms with E-state index in [1.54, 1.807) is 0 Å². The van der Waals surface area contributed by atoms with Gasteiger partial charge in [-0.2, -0.15) is 0 Å². The molecule has 3 rings (SSSR count). The lowest BCUT2D eigenvalue weighted by Crippen LogP contribution is -3.13. The number of quaternary nitrogens is 1. The second-order valence-electron chi connectivity index (χ2n) is 6.57. The van der Waals surface area contributed by atoms with E-state index in [2.05, 4.69) is 35.7 Å². The van der Waals surface area contributed by atoms with Gasteiger partial charge in [-0.3, -0.25) is 4.79 Å². The molecule has 0 fully saturated rings. The normalized spacial score (nSPS) is 18.3. The van der Waals surface area contributed by atoms with Crippen LogP contribution < -0.4 is 10.2 Å². The SMILES string of the molecule is C[C@@H](NC(=O)C[NH+]1CC=C(c2ccccc2)CC1)c1ccc(Cl)cc1. The van der Waals surface area contributed by atoms with E-state index in [1.165, 1.54) is 16.0 Å². The molecule has 2 aromatic carbocycles. The van der Waals surface area contributed by atoms with E-state index in [0.29, 0.717) is 11.6 Å². The third-order valence-corrected chi connectivity index (χ3v) is 4.94. The van der Waals surface area contributed by atoms with Crippen LogP contribution in [0.3, 0.4) is 0 Å². The van der Waals surface area contributed by atoms with Crippen molar-refractivity contribution in [2.24, 2.45) is 0 Å². The number of carbonyl (C=O) groups is 1. The molecule has 0 bridgehead atoms. The topological polar surface area (TPSA) is 33.5 Å². The van der Waals surface area contributed by atoms with Gasteiger partial charge >= 0.3 is 0 Å². The van der Waals surface area contributed by atoms with Crippen molar-refractivity contribution < 1.29 is 9.69 Å². The van der Waals surface area contributed by atoms with Gasteiger partial charge in [0.2, 0.25) is 0 Å². The maximum Gasteiger partial charge on any atom is 0.275 e. The summed E-state index contributed by atoms with van der Waals surface area (Å²) in [5, 5.41) is 3.79. The van der Waals surface area contributed by atoms with Gasteiger partial charge in [-0.15, -0.1) is 0 Å². The van der Waals surface area contributed by atoms with Gasteiger partial charge in [-0.1, -0.05) is 54.1 Å². The Bertz CT molecular complexity index is 740. The molecule has 0 spiro atoms. The molecule has 1 unspecified atom stereocenters. The van der Waals surface area contributed by atoms with Gasteiger partial charge in [0.15, 0.2) is 6.54 Å². The lowest BCUT2D eigenvalue weighted by atomic mass is 9.99. The summed E-state index contributed by atoms with van der Waals surface area (Å²) in [7, 11) is 0. The average Bonchev–Trinajstić information content (AvgIpc) is 2.63. The zero-order chi connectivity index (χ0) is 17.6. The van der Waals surface area contributed by atoms with Crippen LogP contribution in [0, 0.1) is 0 Å². The molecular weight excluding hydrogens is 332 g/mol. The van der Waals surface area contributed by atoms with Crippen molar-refractivity contribution in [1.82, 2.24) is 5.32 Å². The molecule has 1 heterocycles. The minimum Gasteiger partial charge on any atom is -0.345 e. The number of halogens is 1. The molecule has 130 valence electrons. The maximum atomic E-state index is 12.3. The minimum absolute atomic E-state index is 0.00983. The third kappa shape index (κ3) is 4.94.